The molecule has 1 unspecified atom stereocenters. The van der Waals surface area contributed by atoms with Crippen LogP contribution in [0.15, 0.2) is 47.5 Å². The van der Waals surface area contributed by atoms with Gasteiger partial charge in [0.25, 0.3) is 5.91 Å². The predicted octanol–water partition coefficient (Wildman–Crippen LogP) is 1.31. The maximum atomic E-state index is 12.3. The molecule has 2 saturated heterocycles. The first-order valence-corrected chi connectivity index (χ1v) is 8.40. The van der Waals surface area contributed by atoms with E-state index in [1.165, 1.54) is 5.56 Å². The summed E-state index contributed by atoms with van der Waals surface area (Å²) in [4.78, 5) is 20.4. The van der Waals surface area contributed by atoms with Gasteiger partial charge in [0.05, 0.1) is 31.7 Å². The Morgan fingerprint density at radius 3 is 2.88 bits per heavy atom. The summed E-state index contributed by atoms with van der Waals surface area (Å²) in [6.07, 6.45) is 6.76. The van der Waals surface area contributed by atoms with Crippen LogP contribution >= 0.6 is 0 Å². The van der Waals surface area contributed by atoms with Gasteiger partial charge in [0, 0.05) is 38.1 Å². The van der Waals surface area contributed by atoms with E-state index < -0.39 is 5.60 Å². The topological polar surface area (TPSA) is 68.0 Å². The molecule has 132 valence electrons. The summed E-state index contributed by atoms with van der Waals surface area (Å²) in [5.74, 6) is -0.0584. The van der Waals surface area contributed by atoms with Crippen molar-refractivity contribution < 1.29 is 18.7 Å². The van der Waals surface area contributed by atoms with Gasteiger partial charge in [-0.3, -0.25) is 14.7 Å². The van der Waals surface area contributed by atoms with Crippen molar-refractivity contribution in [1.82, 2.24) is 9.88 Å². The lowest BCUT2D eigenvalue weighted by Crippen LogP contribution is -2.60. The van der Waals surface area contributed by atoms with E-state index in [9.17, 15) is 4.79 Å². The van der Waals surface area contributed by atoms with Gasteiger partial charge in [-0.1, -0.05) is 0 Å². The summed E-state index contributed by atoms with van der Waals surface area (Å²) in [5, 5.41) is 0. The van der Waals surface area contributed by atoms with Gasteiger partial charge in [-0.2, -0.15) is 0 Å². The third kappa shape index (κ3) is 3.58. The fourth-order valence-corrected chi connectivity index (χ4v) is 3.41. The monoisotopic (exact) mass is 343 g/mol. The quantitative estimate of drug-likeness (QED) is 0.837. The van der Waals surface area contributed by atoms with E-state index in [0.717, 1.165) is 18.8 Å². The first-order valence-electron chi connectivity index (χ1n) is 8.40. The smallest absolute Gasteiger partial charge is 0.253 e. The second-order valence-corrected chi connectivity index (χ2v) is 6.55. The van der Waals surface area contributed by atoms with Crippen LogP contribution in [0.5, 0.6) is 0 Å². The van der Waals surface area contributed by atoms with Crippen molar-refractivity contribution in [2.45, 2.75) is 12.1 Å². The standard InChI is InChI=1S/C18H21N3O4/c22-17-11-25-18(13-21(17)16-3-7-23-10-16)12-20(6-8-24-14-18)9-15-1-4-19-5-2-15/h1-5,7,10H,6,8-9,11-14H2. The minimum absolute atomic E-state index is 0.0532. The molecule has 4 heterocycles. The molecule has 2 aliphatic rings. The molecule has 4 rings (SSSR count). The van der Waals surface area contributed by atoms with Gasteiger partial charge in [-0.15, -0.1) is 0 Å². The van der Waals surface area contributed by atoms with Crippen molar-refractivity contribution in [2.75, 3.05) is 44.4 Å². The number of nitrogens with zero attached hydrogens (tertiary/aromatic N) is 3. The molecule has 0 aromatic carbocycles. The molecular weight excluding hydrogens is 322 g/mol. The van der Waals surface area contributed by atoms with E-state index in [4.69, 9.17) is 13.9 Å². The molecule has 2 aliphatic heterocycles. The van der Waals surface area contributed by atoms with Crippen molar-refractivity contribution in [1.29, 1.82) is 0 Å². The maximum Gasteiger partial charge on any atom is 0.253 e. The molecular formula is C18H21N3O4. The van der Waals surface area contributed by atoms with Crippen LogP contribution in [0.1, 0.15) is 5.56 Å². The molecule has 7 nitrogen and oxygen atoms in total. The average Bonchev–Trinajstić information content (AvgIpc) is 3.09. The van der Waals surface area contributed by atoms with E-state index in [2.05, 4.69) is 9.88 Å². The zero-order chi connectivity index (χ0) is 17.1. The molecule has 0 radical (unpaired) electrons. The summed E-state index contributed by atoms with van der Waals surface area (Å²) < 4.78 is 16.9. The van der Waals surface area contributed by atoms with Gasteiger partial charge in [-0.25, -0.2) is 0 Å². The number of hydrogen-bond donors (Lipinski definition) is 0. The second-order valence-electron chi connectivity index (χ2n) is 6.55. The van der Waals surface area contributed by atoms with Crippen molar-refractivity contribution in [3.8, 4) is 0 Å². The Bertz CT molecular complexity index is 706. The minimum Gasteiger partial charge on any atom is -0.470 e. The zero-order valence-electron chi connectivity index (χ0n) is 14.0. The van der Waals surface area contributed by atoms with Crippen LogP contribution in [0.4, 0.5) is 5.69 Å². The highest BCUT2D eigenvalue weighted by molar-refractivity contribution is 5.95. The molecule has 1 amide bonds. The molecule has 25 heavy (non-hydrogen) atoms. The highest BCUT2D eigenvalue weighted by atomic mass is 16.6. The van der Waals surface area contributed by atoms with Gasteiger partial charge >= 0.3 is 0 Å². The van der Waals surface area contributed by atoms with Crippen molar-refractivity contribution in [2.24, 2.45) is 0 Å². The van der Waals surface area contributed by atoms with Gasteiger partial charge in [0.1, 0.15) is 18.5 Å². The maximum absolute atomic E-state index is 12.3. The van der Waals surface area contributed by atoms with Crippen LogP contribution in [0.25, 0.3) is 0 Å². The first-order chi connectivity index (χ1) is 12.2. The van der Waals surface area contributed by atoms with Gasteiger partial charge in [0.2, 0.25) is 0 Å². The average molecular weight is 343 g/mol. The summed E-state index contributed by atoms with van der Waals surface area (Å²) in [6.45, 7) is 3.97. The SMILES string of the molecule is O=C1COC2(COCCN(Cc3ccncc3)C2)CN1c1ccoc1. The van der Waals surface area contributed by atoms with Crippen LogP contribution in [-0.2, 0) is 20.8 Å². The Balaban J connectivity index is 1.52. The molecule has 0 saturated carbocycles. The summed E-state index contributed by atoms with van der Waals surface area (Å²) >= 11 is 0. The first kappa shape index (κ1) is 16.3. The van der Waals surface area contributed by atoms with Crippen LogP contribution in [0, 0.1) is 0 Å². The molecule has 0 aliphatic carbocycles. The van der Waals surface area contributed by atoms with Crippen LogP contribution in [0.2, 0.25) is 0 Å². The van der Waals surface area contributed by atoms with Gasteiger partial charge in [0.15, 0.2) is 0 Å². The summed E-state index contributed by atoms with van der Waals surface area (Å²) in [6, 6.07) is 5.83. The largest absolute Gasteiger partial charge is 0.470 e. The van der Waals surface area contributed by atoms with E-state index >= 15 is 0 Å². The molecule has 2 aromatic heterocycles. The number of anilines is 1. The minimum atomic E-state index is -0.533. The Hall–Kier alpha value is -2.22. The number of ether oxygens (including phenoxy) is 2. The van der Waals surface area contributed by atoms with Crippen LogP contribution < -0.4 is 4.90 Å². The van der Waals surface area contributed by atoms with Gasteiger partial charge < -0.3 is 18.8 Å². The number of pyridine rings is 1. The number of rotatable bonds is 3. The molecule has 0 bridgehead atoms. The Morgan fingerprint density at radius 2 is 2.08 bits per heavy atom. The van der Waals surface area contributed by atoms with Crippen molar-refractivity contribution >= 4 is 11.6 Å². The lowest BCUT2D eigenvalue weighted by Gasteiger charge is -2.42. The number of carbonyl (C=O) groups excluding carboxylic acids is 1. The highest BCUT2D eigenvalue weighted by Gasteiger charge is 2.43. The normalized spacial score (nSPS) is 25.3. The number of morpholine rings is 1. The third-order valence-corrected chi connectivity index (χ3v) is 4.65. The Kier molecular flexibility index (Phi) is 4.52. The highest BCUT2D eigenvalue weighted by Crippen LogP contribution is 2.27. The molecule has 2 aromatic rings. The molecule has 0 N–H and O–H groups in total. The number of hydrogen-bond acceptors (Lipinski definition) is 6. The van der Waals surface area contributed by atoms with Crippen LogP contribution in [0.3, 0.4) is 0 Å². The zero-order valence-corrected chi connectivity index (χ0v) is 14.0. The molecule has 1 spiro atoms. The number of furan rings is 1. The van der Waals surface area contributed by atoms with E-state index in [-0.39, 0.29) is 12.5 Å². The molecule has 1 atom stereocenters. The number of carbonyl (C=O) groups is 1. The number of aromatic nitrogens is 1. The summed E-state index contributed by atoms with van der Waals surface area (Å²) in [5.41, 5.74) is 1.43. The lowest BCUT2D eigenvalue weighted by molar-refractivity contribution is -0.146. The number of amides is 1. The summed E-state index contributed by atoms with van der Waals surface area (Å²) in [7, 11) is 0. The Labute approximate surface area is 146 Å². The van der Waals surface area contributed by atoms with E-state index in [0.29, 0.717) is 26.3 Å². The second kappa shape index (κ2) is 6.95. The lowest BCUT2D eigenvalue weighted by atomic mass is 10.0. The van der Waals surface area contributed by atoms with Crippen LogP contribution in [-0.4, -0.2) is 60.8 Å². The predicted molar refractivity (Wildman–Crippen MR) is 90.1 cm³/mol. The van der Waals surface area contributed by atoms with E-state index in [1.54, 1.807) is 35.9 Å². The van der Waals surface area contributed by atoms with Crippen molar-refractivity contribution in [3.05, 3.63) is 48.7 Å². The fourth-order valence-electron chi connectivity index (χ4n) is 3.41. The van der Waals surface area contributed by atoms with E-state index in [1.807, 2.05) is 12.1 Å². The molecule has 2 fully saturated rings. The molecule has 7 heteroatoms. The third-order valence-electron chi connectivity index (χ3n) is 4.65. The Morgan fingerprint density at radius 1 is 1.20 bits per heavy atom. The van der Waals surface area contributed by atoms with Gasteiger partial charge in [-0.05, 0) is 17.7 Å². The van der Waals surface area contributed by atoms with Crippen molar-refractivity contribution in [3.63, 3.8) is 0 Å². The fraction of sp³-hybridized carbons (Fsp3) is 0.444.